The van der Waals surface area contributed by atoms with Crippen LogP contribution in [0.25, 0.3) is 0 Å². The van der Waals surface area contributed by atoms with E-state index >= 15 is 0 Å². The Hall–Kier alpha value is -2.83. The third-order valence-electron chi connectivity index (χ3n) is 5.10. The number of carbonyl (C=O) groups is 3. The van der Waals surface area contributed by atoms with Crippen molar-refractivity contribution in [1.29, 1.82) is 0 Å². The Morgan fingerprint density at radius 3 is 2.36 bits per heavy atom. The number of nitrogens with zero attached hydrogens (tertiary/aromatic N) is 1. The molecule has 1 atom stereocenters. The minimum Gasteiger partial charge on any atom is -0.459 e. The predicted molar refractivity (Wildman–Crippen MR) is 123 cm³/mol. The number of benzene rings is 1. The molecule has 0 unspecified atom stereocenters. The molecule has 0 radical (unpaired) electrons. The summed E-state index contributed by atoms with van der Waals surface area (Å²) in [6.07, 6.45) is 5.24. The molecule has 1 aliphatic rings. The van der Waals surface area contributed by atoms with Crippen molar-refractivity contribution in [3.63, 3.8) is 0 Å². The van der Waals surface area contributed by atoms with Crippen molar-refractivity contribution in [3.05, 3.63) is 54.0 Å². The maximum Gasteiger partial charge on any atom is 0.287 e. The second kappa shape index (κ2) is 11.3. The minimum absolute atomic E-state index is 0.0740. The molecule has 1 aliphatic heterocycles. The van der Waals surface area contributed by atoms with Crippen LogP contribution in [0.1, 0.15) is 40.2 Å². The van der Waals surface area contributed by atoms with Crippen LogP contribution in [-0.4, -0.2) is 61.6 Å². The van der Waals surface area contributed by atoms with E-state index in [2.05, 4.69) is 16.2 Å². The van der Waals surface area contributed by atoms with E-state index in [0.29, 0.717) is 25.3 Å². The number of thioether (sulfide) groups is 1. The van der Waals surface area contributed by atoms with Gasteiger partial charge < -0.3 is 9.73 Å². The van der Waals surface area contributed by atoms with Gasteiger partial charge in [0.2, 0.25) is 10.0 Å². The SMILES string of the molecule is CSCC[C@H](NC(=O)c1ccco1)C(=O)NNC(=O)c1ccc(S(=O)(=O)N2CCCC2)cc1. The molecule has 1 aromatic heterocycles. The standard InChI is InChI=1S/C21H26N4O6S2/c1-32-14-10-17(22-21(28)18-5-4-13-31-18)20(27)24-23-19(26)15-6-8-16(9-7-15)33(29,30)25-11-2-3-12-25/h4-9,13,17H,2-3,10-12,14H2,1H3,(H,22,28)(H,23,26)(H,24,27)/t17-/m0/s1. The molecule has 10 nitrogen and oxygen atoms in total. The second-order valence-electron chi connectivity index (χ2n) is 7.36. The molecular formula is C21H26N4O6S2. The summed E-state index contributed by atoms with van der Waals surface area (Å²) in [5.41, 5.74) is 4.78. The lowest BCUT2D eigenvalue weighted by atomic mass is 10.2. The molecule has 3 N–H and O–H groups in total. The number of hydrazine groups is 1. The Balaban J connectivity index is 1.58. The average molecular weight is 495 g/mol. The van der Waals surface area contributed by atoms with Gasteiger partial charge in [-0.15, -0.1) is 0 Å². The molecule has 1 saturated heterocycles. The molecule has 12 heteroatoms. The Labute approximate surface area is 196 Å². The van der Waals surface area contributed by atoms with Crippen molar-refractivity contribution in [3.8, 4) is 0 Å². The lowest BCUT2D eigenvalue weighted by molar-refractivity contribution is -0.123. The van der Waals surface area contributed by atoms with E-state index < -0.39 is 33.8 Å². The molecule has 0 saturated carbocycles. The van der Waals surface area contributed by atoms with Crippen molar-refractivity contribution in [2.24, 2.45) is 0 Å². The summed E-state index contributed by atoms with van der Waals surface area (Å²) in [4.78, 5) is 37.3. The van der Waals surface area contributed by atoms with Crippen molar-refractivity contribution in [2.75, 3.05) is 25.1 Å². The zero-order chi connectivity index (χ0) is 23.8. The van der Waals surface area contributed by atoms with E-state index in [0.717, 1.165) is 12.8 Å². The Kier molecular flexibility index (Phi) is 8.53. The molecule has 1 aromatic carbocycles. The minimum atomic E-state index is -3.58. The van der Waals surface area contributed by atoms with E-state index in [9.17, 15) is 22.8 Å². The number of sulfonamides is 1. The molecular weight excluding hydrogens is 468 g/mol. The van der Waals surface area contributed by atoms with Crippen molar-refractivity contribution >= 4 is 39.5 Å². The lowest BCUT2D eigenvalue weighted by Gasteiger charge is -2.18. The zero-order valence-corrected chi connectivity index (χ0v) is 19.7. The van der Waals surface area contributed by atoms with Crippen LogP contribution in [-0.2, 0) is 14.8 Å². The van der Waals surface area contributed by atoms with Crippen LogP contribution in [0.15, 0.2) is 52.0 Å². The van der Waals surface area contributed by atoms with Crippen LogP contribution >= 0.6 is 11.8 Å². The van der Waals surface area contributed by atoms with Gasteiger partial charge in [-0.3, -0.25) is 25.2 Å². The zero-order valence-electron chi connectivity index (χ0n) is 18.1. The van der Waals surface area contributed by atoms with Crippen LogP contribution in [0.3, 0.4) is 0 Å². The number of hydrogen-bond donors (Lipinski definition) is 3. The van der Waals surface area contributed by atoms with E-state index in [1.807, 2.05) is 6.26 Å². The monoisotopic (exact) mass is 494 g/mol. The maximum atomic E-state index is 12.6. The summed E-state index contributed by atoms with van der Waals surface area (Å²) < 4.78 is 31.6. The van der Waals surface area contributed by atoms with Gasteiger partial charge in [0.05, 0.1) is 11.2 Å². The van der Waals surface area contributed by atoms with Gasteiger partial charge >= 0.3 is 0 Å². The fraction of sp³-hybridized carbons (Fsp3) is 0.381. The molecule has 2 heterocycles. The van der Waals surface area contributed by atoms with E-state index in [1.165, 1.54) is 52.7 Å². The van der Waals surface area contributed by atoms with E-state index in [4.69, 9.17) is 4.42 Å². The van der Waals surface area contributed by atoms with E-state index in [-0.39, 0.29) is 16.2 Å². The summed E-state index contributed by atoms with van der Waals surface area (Å²) >= 11 is 1.51. The largest absolute Gasteiger partial charge is 0.459 e. The van der Waals surface area contributed by atoms with Gasteiger partial charge in [-0.2, -0.15) is 16.1 Å². The molecule has 0 aliphatic carbocycles. The number of nitrogens with one attached hydrogen (secondary N) is 3. The number of amides is 3. The molecule has 33 heavy (non-hydrogen) atoms. The number of furan rings is 1. The first-order valence-corrected chi connectivity index (χ1v) is 13.2. The number of hydrogen-bond acceptors (Lipinski definition) is 7. The highest BCUT2D eigenvalue weighted by atomic mass is 32.2. The third-order valence-corrected chi connectivity index (χ3v) is 7.65. The van der Waals surface area contributed by atoms with Crippen molar-refractivity contribution in [2.45, 2.75) is 30.2 Å². The Morgan fingerprint density at radius 2 is 1.76 bits per heavy atom. The van der Waals surface area contributed by atoms with Crippen LogP contribution in [0.5, 0.6) is 0 Å². The van der Waals surface area contributed by atoms with Gasteiger partial charge in [0.1, 0.15) is 6.04 Å². The molecule has 3 amide bonds. The van der Waals surface area contributed by atoms with Crippen LogP contribution in [0, 0.1) is 0 Å². The predicted octanol–water partition coefficient (Wildman–Crippen LogP) is 1.38. The Morgan fingerprint density at radius 1 is 1.06 bits per heavy atom. The second-order valence-corrected chi connectivity index (χ2v) is 10.3. The fourth-order valence-corrected chi connectivity index (χ4v) is 5.26. The first-order chi connectivity index (χ1) is 15.8. The first-order valence-electron chi connectivity index (χ1n) is 10.4. The summed E-state index contributed by atoms with van der Waals surface area (Å²) in [6, 6.07) is 7.66. The van der Waals surface area contributed by atoms with Gasteiger partial charge in [-0.05, 0) is 67.7 Å². The maximum absolute atomic E-state index is 12.6. The highest BCUT2D eigenvalue weighted by molar-refractivity contribution is 7.98. The highest BCUT2D eigenvalue weighted by Gasteiger charge is 2.27. The van der Waals surface area contributed by atoms with E-state index in [1.54, 1.807) is 6.07 Å². The van der Waals surface area contributed by atoms with Crippen LogP contribution in [0.4, 0.5) is 0 Å². The van der Waals surface area contributed by atoms with Gasteiger partial charge in [0.25, 0.3) is 17.7 Å². The highest BCUT2D eigenvalue weighted by Crippen LogP contribution is 2.21. The Bertz CT molecular complexity index is 1060. The van der Waals surface area contributed by atoms with Gasteiger partial charge in [-0.1, -0.05) is 0 Å². The van der Waals surface area contributed by atoms with Gasteiger partial charge in [0, 0.05) is 18.7 Å². The van der Waals surface area contributed by atoms with Crippen molar-refractivity contribution < 1.29 is 27.2 Å². The quantitative estimate of drug-likeness (QED) is 0.448. The van der Waals surface area contributed by atoms with Gasteiger partial charge in [0.15, 0.2) is 5.76 Å². The first kappa shape index (κ1) is 24.8. The summed E-state index contributed by atoms with van der Waals surface area (Å²) in [7, 11) is -3.58. The third kappa shape index (κ3) is 6.36. The summed E-state index contributed by atoms with van der Waals surface area (Å²) in [5, 5.41) is 2.59. The lowest BCUT2D eigenvalue weighted by Crippen LogP contribution is -2.52. The summed E-state index contributed by atoms with van der Waals surface area (Å²) in [6.45, 7) is 0.982. The van der Waals surface area contributed by atoms with Gasteiger partial charge in [-0.25, -0.2) is 8.42 Å². The smallest absolute Gasteiger partial charge is 0.287 e. The normalized spacial score (nSPS) is 15.1. The molecule has 178 valence electrons. The van der Waals surface area contributed by atoms with Crippen LogP contribution in [0.2, 0.25) is 0 Å². The van der Waals surface area contributed by atoms with Crippen molar-refractivity contribution in [1.82, 2.24) is 20.5 Å². The summed E-state index contributed by atoms with van der Waals surface area (Å²) in [5.74, 6) is -1.07. The topological polar surface area (TPSA) is 138 Å². The van der Waals surface area contributed by atoms with Crippen LogP contribution < -0.4 is 16.2 Å². The molecule has 1 fully saturated rings. The number of rotatable bonds is 9. The molecule has 0 bridgehead atoms. The fourth-order valence-electron chi connectivity index (χ4n) is 3.28. The number of carbonyl (C=O) groups excluding carboxylic acids is 3. The molecule has 3 rings (SSSR count). The molecule has 0 spiro atoms. The molecule has 2 aromatic rings. The average Bonchev–Trinajstić information content (AvgIpc) is 3.54.